The standard InChI is InChI=1S/C23H27N5O3/c1-27(12-16-10-25-28(13-16)19-4-3-5-20(9-19)29-2)14-18-11-24-26-23(18)17-6-7-21-22(8-17)31-15-30-21/h3-10,13,18,23-24,26H,11-12,14-15H2,1-2H3. The van der Waals surface area contributed by atoms with Gasteiger partial charge in [0.25, 0.3) is 0 Å². The van der Waals surface area contributed by atoms with Crippen LogP contribution in [0.2, 0.25) is 0 Å². The van der Waals surface area contributed by atoms with Gasteiger partial charge in [0.2, 0.25) is 6.79 Å². The first-order valence-corrected chi connectivity index (χ1v) is 10.4. The Labute approximate surface area is 181 Å². The summed E-state index contributed by atoms with van der Waals surface area (Å²) in [5, 5.41) is 4.53. The van der Waals surface area contributed by atoms with E-state index in [1.54, 1.807) is 7.11 Å². The molecular formula is C23H27N5O3. The molecule has 0 aliphatic carbocycles. The van der Waals surface area contributed by atoms with Crippen LogP contribution in [-0.2, 0) is 6.54 Å². The molecule has 1 saturated heterocycles. The number of methoxy groups -OCH3 is 1. The monoisotopic (exact) mass is 421 g/mol. The van der Waals surface area contributed by atoms with E-state index in [0.717, 1.165) is 42.6 Å². The van der Waals surface area contributed by atoms with E-state index in [9.17, 15) is 0 Å². The van der Waals surface area contributed by atoms with E-state index >= 15 is 0 Å². The molecule has 31 heavy (non-hydrogen) atoms. The fourth-order valence-corrected chi connectivity index (χ4v) is 4.28. The second-order valence-electron chi connectivity index (χ2n) is 8.07. The lowest BCUT2D eigenvalue weighted by Crippen LogP contribution is -2.30. The number of aromatic nitrogens is 2. The minimum Gasteiger partial charge on any atom is -0.497 e. The van der Waals surface area contributed by atoms with Crippen molar-refractivity contribution in [2.75, 3.05) is 34.0 Å². The van der Waals surface area contributed by atoms with Crippen LogP contribution in [0, 0.1) is 5.92 Å². The van der Waals surface area contributed by atoms with Gasteiger partial charge in [0.1, 0.15) is 5.75 Å². The summed E-state index contributed by atoms with van der Waals surface area (Å²) in [6, 6.07) is 14.3. The van der Waals surface area contributed by atoms with E-state index in [2.05, 4.69) is 46.2 Å². The molecule has 1 aromatic heterocycles. The van der Waals surface area contributed by atoms with Crippen LogP contribution in [0.15, 0.2) is 54.9 Å². The number of nitrogens with zero attached hydrogens (tertiary/aromatic N) is 3. The van der Waals surface area contributed by atoms with Gasteiger partial charge >= 0.3 is 0 Å². The molecule has 0 amide bonds. The van der Waals surface area contributed by atoms with E-state index in [4.69, 9.17) is 14.2 Å². The summed E-state index contributed by atoms with van der Waals surface area (Å²) in [5.74, 6) is 2.89. The van der Waals surface area contributed by atoms with Gasteiger partial charge in [0.05, 0.1) is 25.0 Å². The normalized spacial score (nSPS) is 19.8. The summed E-state index contributed by atoms with van der Waals surface area (Å²) < 4.78 is 18.2. The van der Waals surface area contributed by atoms with Gasteiger partial charge in [0, 0.05) is 43.4 Å². The van der Waals surface area contributed by atoms with Crippen molar-refractivity contribution in [3.05, 3.63) is 66.0 Å². The average molecular weight is 422 g/mol. The summed E-state index contributed by atoms with van der Waals surface area (Å²) >= 11 is 0. The lowest BCUT2D eigenvalue weighted by Gasteiger charge is -2.24. The van der Waals surface area contributed by atoms with Gasteiger partial charge < -0.3 is 19.1 Å². The zero-order valence-electron chi connectivity index (χ0n) is 17.7. The van der Waals surface area contributed by atoms with Gasteiger partial charge in [-0.3, -0.25) is 5.43 Å². The van der Waals surface area contributed by atoms with Crippen molar-refractivity contribution < 1.29 is 14.2 Å². The Hall–Kier alpha value is -3.07. The summed E-state index contributed by atoms with van der Waals surface area (Å²) in [5.41, 5.74) is 10.1. The second-order valence-corrected chi connectivity index (χ2v) is 8.07. The number of fused-ring (bicyclic) bond motifs is 1. The summed E-state index contributed by atoms with van der Waals surface area (Å²) in [4.78, 5) is 2.34. The zero-order chi connectivity index (χ0) is 21.2. The fourth-order valence-electron chi connectivity index (χ4n) is 4.28. The van der Waals surface area contributed by atoms with Crippen LogP contribution in [0.1, 0.15) is 17.2 Å². The van der Waals surface area contributed by atoms with E-state index in [0.29, 0.717) is 12.7 Å². The summed E-state index contributed by atoms with van der Waals surface area (Å²) in [6.07, 6.45) is 4.00. The van der Waals surface area contributed by atoms with Crippen molar-refractivity contribution in [1.29, 1.82) is 0 Å². The average Bonchev–Trinajstić information content (AvgIpc) is 3.54. The maximum atomic E-state index is 5.55. The highest BCUT2D eigenvalue weighted by Crippen LogP contribution is 2.36. The van der Waals surface area contributed by atoms with Crippen LogP contribution in [0.25, 0.3) is 5.69 Å². The van der Waals surface area contributed by atoms with Crippen LogP contribution in [-0.4, -0.2) is 48.7 Å². The highest BCUT2D eigenvalue weighted by atomic mass is 16.7. The maximum absolute atomic E-state index is 5.55. The second kappa shape index (κ2) is 8.58. The molecule has 0 saturated carbocycles. The van der Waals surface area contributed by atoms with E-state index in [1.165, 1.54) is 11.1 Å². The predicted octanol–water partition coefficient (Wildman–Crippen LogP) is 2.51. The van der Waals surface area contributed by atoms with Gasteiger partial charge in [0.15, 0.2) is 11.5 Å². The van der Waals surface area contributed by atoms with Crippen molar-refractivity contribution in [3.8, 4) is 22.9 Å². The van der Waals surface area contributed by atoms with Gasteiger partial charge in [-0.1, -0.05) is 12.1 Å². The quantitative estimate of drug-likeness (QED) is 0.607. The smallest absolute Gasteiger partial charge is 0.231 e. The third-order valence-corrected chi connectivity index (χ3v) is 5.80. The van der Waals surface area contributed by atoms with Gasteiger partial charge in [-0.15, -0.1) is 0 Å². The summed E-state index contributed by atoms with van der Waals surface area (Å²) in [6.45, 7) is 2.98. The Morgan fingerprint density at radius 3 is 3.00 bits per heavy atom. The van der Waals surface area contributed by atoms with Crippen molar-refractivity contribution in [3.63, 3.8) is 0 Å². The Kier molecular flexibility index (Phi) is 5.50. The van der Waals surface area contributed by atoms with Crippen LogP contribution in [0.4, 0.5) is 0 Å². The van der Waals surface area contributed by atoms with Crippen molar-refractivity contribution in [1.82, 2.24) is 25.5 Å². The number of benzene rings is 2. The number of ether oxygens (including phenoxy) is 3. The van der Waals surface area contributed by atoms with Crippen LogP contribution in [0.3, 0.4) is 0 Å². The minimum atomic E-state index is 0.219. The highest BCUT2D eigenvalue weighted by Gasteiger charge is 2.30. The van der Waals surface area contributed by atoms with Crippen LogP contribution >= 0.6 is 0 Å². The third-order valence-electron chi connectivity index (χ3n) is 5.80. The molecule has 0 bridgehead atoms. The molecule has 3 heterocycles. The molecule has 2 aliphatic heterocycles. The predicted molar refractivity (Wildman–Crippen MR) is 116 cm³/mol. The Bertz CT molecular complexity index is 1050. The molecule has 5 rings (SSSR count). The van der Waals surface area contributed by atoms with Crippen molar-refractivity contribution in [2.24, 2.45) is 5.92 Å². The number of hydrazine groups is 1. The molecule has 3 aromatic rings. The zero-order valence-corrected chi connectivity index (χ0v) is 17.7. The van der Waals surface area contributed by atoms with Gasteiger partial charge in [-0.25, -0.2) is 10.1 Å². The van der Waals surface area contributed by atoms with Crippen molar-refractivity contribution >= 4 is 0 Å². The fraction of sp³-hybridized carbons (Fsp3) is 0.348. The molecule has 162 valence electrons. The number of hydrogen-bond acceptors (Lipinski definition) is 7. The molecule has 2 aliphatic rings. The van der Waals surface area contributed by atoms with Gasteiger partial charge in [-0.2, -0.15) is 5.10 Å². The SMILES string of the molecule is COc1cccc(-n2cc(CN(C)CC3CNNC3c3ccc4c(c3)OCO4)cn2)c1. The molecule has 2 N–H and O–H groups in total. The number of rotatable bonds is 7. The lowest BCUT2D eigenvalue weighted by atomic mass is 9.94. The molecule has 0 spiro atoms. The maximum Gasteiger partial charge on any atom is 0.231 e. The first kappa shape index (κ1) is 19.9. The highest BCUT2D eigenvalue weighted by molar-refractivity contribution is 5.45. The van der Waals surface area contributed by atoms with Crippen LogP contribution in [0.5, 0.6) is 17.2 Å². The number of nitrogens with one attached hydrogen (secondary N) is 2. The lowest BCUT2D eigenvalue weighted by molar-refractivity contribution is 0.174. The topological polar surface area (TPSA) is 72.8 Å². The molecular weight excluding hydrogens is 394 g/mol. The number of hydrogen-bond donors (Lipinski definition) is 2. The van der Waals surface area contributed by atoms with E-state index < -0.39 is 0 Å². The van der Waals surface area contributed by atoms with Crippen LogP contribution < -0.4 is 25.1 Å². The first-order valence-electron chi connectivity index (χ1n) is 10.4. The molecule has 1 fully saturated rings. The van der Waals surface area contributed by atoms with Crippen molar-refractivity contribution in [2.45, 2.75) is 12.6 Å². The molecule has 2 unspecified atom stereocenters. The molecule has 0 radical (unpaired) electrons. The Balaban J connectivity index is 1.23. The van der Waals surface area contributed by atoms with Gasteiger partial charge in [-0.05, 0) is 36.9 Å². The molecule has 2 aromatic carbocycles. The third kappa shape index (κ3) is 4.23. The summed E-state index contributed by atoms with van der Waals surface area (Å²) in [7, 11) is 3.82. The first-order chi connectivity index (χ1) is 15.2. The Morgan fingerprint density at radius 2 is 2.10 bits per heavy atom. The Morgan fingerprint density at radius 1 is 1.19 bits per heavy atom. The molecule has 8 heteroatoms. The largest absolute Gasteiger partial charge is 0.497 e. The van der Waals surface area contributed by atoms with E-state index in [1.807, 2.05) is 41.2 Å². The molecule has 2 atom stereocenters. The molecule has 8 nitrogen and oxygen atoms in total. The minimum absolute atomic E-state index is 0.219. The van der Waals surface area contributed by atoms with E-state index in [-0.39, 0.29) is 6.04 Å².